The summed E-state index contributed by atoms with van der Waals surface area (Å²) in [4.78, 5) is 23.5. The van der Waals surface area contributed by atoms with E-state index in [1.165, 1.54) is 25.9 Å². The van der Waals surface area contributed by atoms with Crippen LogP contribution in [0.5, 0.6) is 0 Å². The first-order chi connectivity index (χ1) is 11.8. The van der Waals surface area contributed by atoms with Crippen molar-refractivity contribution >= 4 is 35.8 Å². The van der Waals surface area contributed by atoms with E-state index in [0.29, 0.717) is 0 Å². The third-order valence-corrected chi connectivity index (χ3v) is 5.22. The van der Waals surface area contributed by atoms with Crippen molar-refractivity contribution in [3.63, 3.8) is 0 Å². The molecule has 8 heteroatoms. The van der Waals surface area contributed by atoms with Gasteiger partial charge in [0.15, 0.2) is 5.96 Å². The van der Waals surface area contributed by atoms with E-state index in [2.05, 4.69) is 20.1 Å². The summed E-state index contributed by atoms with van der Waals surface area (Å²) >= 11 is 0. The number of hydrogen-bond donors (Lipinski definition) is 1. The standard InChI is InChI=1S/C17H31N5O2.HI/c1-18-17(19-6-9-20-7-2-3-8-20)22-12-10-21(11-13-22)16(23)15-5-4-14-24-15;/h15H,2-14H2,1H3,(H,18,19);1H. The number of guanidine groups is 1. The molecule has 3 saturated heterocycles. The topological polar surface area (TPSA) is 60.4 Å². The van der Waals surface area contributed by atoms with E-state index in [9.17, 15) is 4.79 Å². The molecule has 0 saturated carbocycles. The fraction of sp³-hybridized carbons (Fsp3) is 0.882. The molecule has 1 amide bonds. The highest BCUT2D eigenvalue weighted by atomic mass is 127. The Labute approximate surface area is 168 Å². The third kappa shape index (κ3) is 5.68. The number of amides is 1. The number of carbonyl (C=O) groups excluding carboxylic acids is 1. The molecule has 144 valence electrons. The van der Waals surface area contributed by atoms with E-state index < -0.39 is 0 Å². The summed E-state index contributed by atoms with van der Waals surface area (Å²) in [6, 6.07) is 0. The maximum atomic E-state index is 12.4. The highest BCUT2D eigenvalue weighted by Gasteiger charge is 2.30. The molecule has 3 rings (SSSR count). The van der Waals surface area contributed by atoms with Crippen molar-refractivity contribution in [3.05, 3.63) is 0 Å². The van der Waals surface area contributed by atoms with Gasteiger partial charge in [0.2, 0.25) is 0 Å². The lowest BCUT2D eigenvalue weighted by Gasteiger charge is -2.37. The molecule has 3 aliphatic rings. The molecule has 1 unspecified atom stereocenters. The van der Waals surface area contributed by atoms with Crippen LogP contribution in [0.4, 0.5) is 0 Å². The Morgan fingerprint density at radius 3 is 2.36 bits per heavy atom. The van der Waals surface area contributed by atoms with Crippen LogP contribution in [0, 0.1) is 0 Å². The lowest BCUT2D eigenvalue weighted by Crippen LogP contribution is -2.55. The zero-order valence-electron chi connectivity index (χ0n) is 15.3. The summed E-state index contributed by atoms with van der Waals surface area (Å²) in [7, 11) is 1.84. The zero-order valence-corrected chi connectivity index (χ0v) is 17.6. The molecule has 0 spiro atoms. The fourth-order valence-electron chi connectivity index (χ4n) is 3.78. The Hall–Kier alpha value is -0.610. The molecule has 3 heterocycles. The van der Waals surface area contributed by atoms with Gasteiger partial charge in [0.05, 0.1) is 0 Å². The highest BCUT2D eigenvalue weighted by molar-refractivity contribution is 14.0. The average molecular weight is 465 g/mol. The first-order valence-electron chi connectivity index (χ1n) is 9.36. The Morgan fingerprint density at radius 2 is 1.76 bits per heavy atom. The lowest BCUT2D eigenvalue weighted by atomic mass is 10.2. The van der Waals surface area contributed by atoms with Crippen LogP contribution in [0.15, 0.2) is 4.99 Å². The Morgan fingerprint density at radius 1 is 1.08 bits per heavy atom. The molecular formula is C17H32IN5O2. The van der Waals surface area contributed by atoms with Crippen LogP contribution in [0.2, 0.25) is 0 Å². The normalized spacial score (nSPS) is 25.2. The molecular weight excluding hydrogens is 433 g/mol. The summed E-state index contributed by atoms with van der Waals surface area (Å²) in [6.07, 6.45) is 4.34. The number of piperazine rings is 1. The van der Waals surface area contributed by atoms with E-state index >= 15 is 0 Å². The summed E-state index contributed by atoms with van der Waals surface area (Å²) in [5, 5.41) is 3.47. The second kappa shape index (κ2) is 10.5. The van der Waals surface area contributed by atoms with E-state index in [1.807, 2.05) is 11.9 Å². The average Bonchev–Trinajstić information content (AvgIpc) is 3.32. The number of nitrogens with zero attached hydrogens (tertiary/aromatic N) is 4. The van der Waals surface area contributed by atoms with Gasteiger partial charge in [-0.25, -0.2) is 0 Å². The van der Waals surface area contributed by atoms with Crippen LogP contribution < -0.4 is 5.32 Å². The number of aliphatic imine (C=N–C) groups is 1. The van der Waals surface area contributed by atoms with Gasteiger partial charge in [0.1, 0.15) is 6.10 Å². The van der Waals surface area contributed by atoms with Crippen molar-refractivity contribution in [3.8, 4) is 0 Å². The number of ether oxygens (including phenoxy) is 1. The van der Waals surface area contributed by atoms with Crippen molar-refractivity contribution in [1.82, 2.24) is 20.0 Å². The number of nitrogens with one attached hydrogen (secondary N) is 1. The third-order valence-electron chi connectivity index (χ3n) is 5.22. The van der Waals surface area contributed by atoms with Gasteiger partial charge in [-0.3, -0.25) is 9.79 Å². The Balaban J connectivity index is 0.00000225. The number of hydrogen-bond acceptors (Lipinski definition) is 4. The van der Waals surface area contributed by atoms with Gasteiger partial charge >= 0.3 is 0 Å². The molecule has 0 aromatic heterocycles. The second-order valence-corrected chi connectivity index (χ2v) is 6.84. The van der Waals surface area contributed by atoms with Crippen molar-refractivity contribution in [1.29, 1.82) is 0 Å². The van der Waals surface area contributed by atoms with Crippen LogP contribution in [-0.2, 0) is 9.53 Å². The Kier molecular flexibility index (Phi) is 8.71. The van der Waals surface area contributed by atoms with E-state index in [-0.39, 0.29) is 36.0 Å². The minimum Gasteiger partial charge on any atom is -0.368 e. The molecule has 3 aliphatic heterocycles. The molecule has 1 atom stereocenters. The van der Waals surface area contributed by atoms with Gasteiger partial charge in [-0.15, -0.1) is 24.0 Å². The van der Waals surface area contributed by atoms with E-state index in [1.54, 1.807) is 0 Å². The van der Waals surface area contributed by atoms with Crippen LogP contribution in [0.25, 0.3) is 0 Å². The van der Waals surface area contributed by atoms with Gasteiger partial charge in [-0.05, 0) is 38.8 Å². The quantitative estimate of drug-likeness (QED) is 0.375. The van der Waals surface area contributed by atoms with Gasteiger partial charge < -0.3 is 24.8 Å². The molecule has 0 bridgehead atoms. The summed E-state index contributed by atoms with van der Waals surface area (Å²) in [6.45, 7) is 8.37. The zero-order chi connectivity index (χ0) is 16.8. The van der Waals surface area contributed by atoms with Crippen LogP contribution in [-0.4, -0.2) is 98.7 Å². The molecule has 0 aliphatic carbocycles. The molecule has 0 aromatic rings. The minimum atomic E-state index is -0.200. The number of likely N-dealkylation sites (tertiary alicyclic amines) is 1. The maximum Gasteiger partial charge on any atom is 0.251 e. The largest absolute Gasteiger partial charge is 0.368 e. The molecule has 0 aromatic carbocycles. The molecule has 3 fully saturated rings. The summed E-state index contributed by atoms with van der Waals surface area (Å²) in [5.41, 5.74) is 0. The number of carbonyl (C=O) groups is 1. The number of halogens is 1. The molecule has 0 radical (unpaired) electrons. The van der Waals surface area contributed by atoms with E-state index in [0.717, 1.165) is 64.7 Å². The predicted octanol–water partition coefficient (Wildman–Crippen LogP) is 0.599. The second-order valence-electron chi connectivity index (χ2n) is 6.84. The van der Waals surface area contributed by atoms with Crippen molar-refractivity contribution in [2.75, 3.05) is 66.0 Å². The highest BCUT2D eigenvalue weighted by Crippen LogP contribution is 2.16. The first-order valence-corrected chi connectivity index (χ1v) is 9.36. The van der Waals surface area contributed by atoms with Gasteiger partial charge in [-0.2, -0.15) is 0 Å². The fourth-order valence-corrected chi connectivity index (χ4v) is 3.78. The molecule has 7 nitrogen and oxygen atoms in total. The predicted molar refractivity (Wildman–Crippen MR) is 110 cm³/mol. The Bertz CT molecular complexity index is 442. The maximum absolute atomic E-state index is 12.4. The van der Waals surface area contributed by atoms with E-state index in [4.69, 9.17) is 4.74 Å². The van der Waals surface area contributed by atoms with Crippen LogP contribution in [0.3, 0.4) is 0 Å². The SMILES string of the molecule is CN=C(NCCN1CCCC1)N1CCN(C(=O)C2CCCO2)CC1.I. The summed E-state index contributed by atoms with van der Waals surface area (Å²) < 4.78 is 5.52. The molecule has 1 N–H and O–H groups in total. The number of rotatable bonds is 4. The molecule has 25 heavy (non-hydrogen) atoms. The monoisotopic (exact) mass is 465 g/mol. The van der Waals surface area contributed by atoms with Crippen molar-refractivity contribution in [2.24, 2.45) is 4.99 Å². The summed E-state index contributed by atoms with van der Waals surface area (Å²) in [5.74, 6) is 1.13. The van der Waals surface area contributed by atoms with Crippen LogP contribution in [0.1, 0.15) is 25.7 Å². The minimum absolute atomic E-state index is 0. The van der Waals surface area contributed by atoms with Gasteiger partial charge in [-0.1, -0.05) is 0 Å². The van der Waals surface area contributed by atoms with Crippen LogP contribution >= 0.6 is 24.0 Å². The van der Waals surface area contributed by atoms with Gasteiger partial charge in [0.25, 0.3) is 5.91 Å². The van der Waals surface area contributed by atoms with Crippen molar-refractivity contribution in [2.45, 2.75) is 31.8 Å². The lowest BCUT2D eigenvalue weighted by molar-refractivity contribution is -0.142. The van der Waals surface area contributed by atoms with Gasteiger partial charge in [0, 0.05) is 52.9 Å². The first kappa shape index (κ1) is 20.7. The smallest absolute Gasteiger partial charge is 0.251 e. The van der Waals surface area contributed by atoms with Crippen molar-refractivity contribution < 1.29 is 9.53 Å².